The molecule has 0 spiro atoms. The van der Waals surface area contributed by atoms with Crippen LogP contribution in [0.4, 0.5) is 5.69 Å². The lowest BCUT2D eigenvalue weighted by Crippen LogP contribution is -2.31. The van der Waals surface area contributed by atoms with Gasteiger partial charge >= 0.3 is 0 Å². The third-order valence-corrected chi connectivity index (χ3v) is 6.56. The Morgan fingerprint density at radius 1 is 1.07 bits per heavy atom. The summed E-state index contributed by atoms with van der Waals surface area (Å²) in [7, 11) is -0.350. The second-order valence-electron chi connectivity index (χ2n) is 6.44. The predicted octanol–water partition coefficient (Wildman–Crippen LogP) is 3.66. The minimum absolute atomic E-state index is 0.00124. The molecule has 9 heteroatoms. The molecular formula is C20H26ClN3O4S. The van der Waals surface area contributed by atoms with Gasteiger partial charge in [-0.25, -0.2) is 8.42 Å². The normalized spacial score (nSPS) is 11.4. The van der Waals surface area contributed by atoms with E-state index in [1.54, 1.807) is 58.3 Å². The Morgan fingerprint density at radius 3 is 2.24 bits per heavy atom. The molecule has 2 rings (SSSR count). The van der Waals surface area contributed by atoms with Crippen molar-refractivity contribution in [3.05, 3.63) is 47.5 Å². The maximum absolute atomic E-state index is 12.9. The first-order chi connectivity index (χ1) is 13.7. The summed E-state index contributed by atoms with van der Waals surface area (Å²) in [5.41, 5.74) is 0.406. The Labute approximate surface area is 177 Å². The highest BCUT2D eigenvalue weighted by Gasteiger charge is 2.23. The molecule has 2 aromatic rings. The molecule has 0 atom stereocenters. The highest BCUT2D eigenvalue weighted by Crippen LogP contribution is 2.33. The Balaban J connectivity index is 2.41. The Morgan fingerprint density at radius 2 is 1.69 bits per heavy atom. The fraction of sp³-hybridized carbons (Fsp3) is 0.350. The van der Waals surface area contributed by atoms with Crippen molar-refractivity contribution < 1.29 is 17.9 Å². The van der Waals surface area contributed by atoms with Crippen molar-refractivity contribution in [2.24, 2.45) is 0 Å². The minimum atomic E-state index is -3.65. The van der Waals surface area contributed by atoms with Crippen molar-refractivity contribution in [3.8, 4) is 11.5 Å². The van der Waals surface area contributed by atoms with Gasteiger partial charge in [0.2, 0.25) is 15.9 Å². The van der Waals surface area contributed by atoms with E-state index >= 15 is 0 Å². The van der Waals surface area contributed by atoms with E-state index in [0.717, 1.165) is 0 Å². The van der Waals surface area contributed by atoms with Crippen molar-refractivity contribution in [3.63, 3.8) is 0 Å². The lowest BCUT2D eigenvalue weighted by molar-refractivity contribution is -0.126. The molecule has 0 saturated carbocycles. The smallest absolute Gasteiger partial charge is 0.243 e. The van der Waals surface area contributed by atoms with Gasteiger partial charge in [-0.3, -0.25) is 4.79 Å². The van der Waals surface area contributed by atoms with Crippen LogP contribution < -0.4 is 10.1 Å². The summed E-state index contributed by atoms with van der Waals surface area (Å²) in [5, 5.41) is 3.57. The number of rotatable bonds is 9. The quantitative estimate of drug-likeness (QED) is 0.645. The van der Waals surface area contributed by atoms with Gasteiger partial charge in [-0.1, -0.05) is 25.4 Å². The number of nitrogens with one attached hydrogen (secondary N) is 1. The lowest BCUT2D eigenvalue weighted by Gasteiger charge is -2.20. The zero-order valence-electron chi connectivity index (χ0n) is 17.0. The zero-order chi connectivity index (χ0) is 21.6. The van der Waals surface area contributed by atoms with Gasteiger partial charge in [0.05, 0.1) is 17.1 Å². The van der Waals surface area contributed by atoms with Crippen LogP contribution >= 0.6 is 11.6 Å². The number of carbonyl (C=O) groups excluding carboxylic acids is 1. The van der Waals surface area contributed by atoms with Crippen molar-refractivity contribution >= 4 is 33.2 Å². The van der Waals surface area contributed by atoms with Crippen molar-refractivity contribution in [1.29, 1.82) is 0 Å². The number of carbonyl (C=O) groups is 1. The number of likely N-dealkylation sites (N-methyl/N-ethyl adjacent to an activating group) is 1. The topological polar surface area (TPSA) is 79.0 Å². The molecule has 0 radical (unpaired) electrons. The summed E-state index contributed by atoms with van der Waals surface area (Å²) in [6.07, 6.45) is 0. The molecule has 1 amide bonds. The average Bonchev–Trinajstić information content (AvgIpc) is 2.69. The van der Waals surface area contributed by atoms with Crippen LogP contribution in [0.25, 0.3) is 0 Å². The van der Waals surface area contributed by atoms with E-state index in [2.05, 4.69) is 5.32 Å². The molecule has 0 unspecified atom stereocenters. The number of anilines is 1. The third-order valence-electron chi connectivity index (χ3n) is 4.26. The van der Waals surface area contributed by atoms with Crippen LogP contribution in [-0.4, -0.2) is 57.3 Å². The number of nitrogens with zero attached hydrogens (tertiary/aromatic N) is 2. The van der Waals surface area contributed by atoms with Crippen LogP contribution in [0.2, 0.25) is 5.02 Å². The first-order valence-corrected chi connectivity index (χ1v) is 11.0. The molecule has 0 aliphatic rings. The molecule has 0 saturated heterocycles. The molecule has 0 heterocycles. The Hall–Kier alpha value is -2.29. The summed E-state index contributed by atoms with van der Waals surface area (Å²) in [5.74, 6) is 0.785. The molecule has 0 aliphatic heterocycles. The van der Waals surface area contributed by atoms with Crippen LogP contribution in [0.5, 0.6) is 11.5 Å². The molecule has 0 bridgehead atoms. The molecule has 7 nitrogen and oxygen atoms in total. The lowest BCUT2D eigenvalue weighted by atomic mass is 10.2. The molecule has 2 aromatic carbocycles. The first-order valence-electron chi connectivity index (χ1n) is 9.20. The summed E-state index contributed by atoms with van der Waals surface area (Å²) in [6.45, 7) is 4.30. The molecular weight excluding hydrogens is 414 g/mol. The Bertz CT molecular complexity index is 943. The number of sulfonamides is 1. The second-order valence-corrected chi connectivity index (χ2v) is 8.82. The van der Waals surface area contributed by atoms with Crippen LogP contribution in [0, 0.1) is 0 Å². The van der Waals surface area contributed by atoms with Crippen molar-refractivity contribution in [1.82, 2.24) is 9.21 Å². The van der Waals surface area contributed by atoms with E-state index in [-0.39, 0.29) is 17.3 Å². The van der Waals surface area contributed by atoms with Gasteiger partial charge in [0, 0.05) is 32.2 Å². The molecule has 0 fully saturated rings. The molecule has 0 aromatic heterocycles. The summed E-state index contributed by atoms with van der Waals surface area (Å²) < 4.78 is 33.0. The second kappa shape index (κ2) is 9.96. The van der Waals surface area contributed by atoms with Crippen LogP contribution in [0.3, 0.4) is 0 Å². The number of halogens is 1. The zero-order valence-corrected chi connectivity index (χ0v) is 18.5. The van der Waals surface area contributed by atoms with Gasteiger partial charge in [-0.15, -0.1) is 0 Å². The fourth-order valence-electron chi connectivity index (χ4n) is 2.57. The van der Waals surface area contributed by atoms with E-state index in [1.807, 2.05) is 0 Å². The Kier molecular flexibility index (Phi) is 7.89. The fourth-order valence-corrected chi connectivity index (χ4v) is 4.18. The van der Waals surface area contributed by atoms with Gasteiger partial charge in [-0.2, -0.15) is 4.31 Å². The van der Waals surface area contributed by atoms with E-state index in [1.165, 1.54) is 21.3 Å². The van der Waals surface area contributed by atoms with Crippen LogP contribution in [0.15, 0.2) is 47.4 Å². The number of ether oxygens (including phenoxy) is 1. The van der Waals surface area contributed by atoms with E-state index in [9.17, 15) is 13.2 Å². The highest BCUT2D eigenvalue weighted by atomic mass is 35.5. The number of benzene rings is 2. The van der Waals surface area contributed by atoms with E-state index < -0.39 is 10.0 Å². The summed E-state index contributed by atoms with van der Waals surface area (Å²) in [6, 6.07) is 11.4. The van der Waals surface area contributed by atoms with Gasteiger partial charge in [0.15, 0.2) is 5.75 Å². The standard InChI is InChI=1S/C20H26ClN3O4S/c1-5-24(6-2)29(26,27)17-11-12-19(28-16-9-7-15(21)8-10-16)18(13-17)22-14-20(25)23(3)4/h7-13,22H,5-6,14H2,1-4H3. The van der Waals surface area contributed by atoms with Gasteiger partial charge < -0.3 is 15.0 Å². The van der Waals surface area contributed by atoms with Crippen molar-refractivity contribution in [2.75, 3.05) is 39.0 Å². The number of hydrogen-bond acceptors (Lipinski definition) is 5. The highest BCUT2D eigenvalue weighted by molar-refractivity contribution is 7.89. The van der Waals surface area contributed by atoms with E-state index in [0.29, 0.717) is 35.3 Å². The van der Waals surface area contributed by atoms with Crippen LogP contribution in [0.1, 0.15) is 13.8 Å². The average molecular weight is 440 g/mol. The number of amides is 1. The maximum atomic E-state index is 12.9. The van der Waals surface area contributed by atoms with Crippen molar-refractivity contribution in [2.45, 2.75) is 18.7 Å². The van der Waals surface area contributed by atoms with Gasteiger partial charge in [0.1, 0.15) is 5.75 Å². The molecule has 29 heavy (non-hydrogen) atoms. The first kappa shape index (κ1) is 23.0. The SMILES string of the molecule is CCN(CC)S(=O)(=O)c1ccc(Oc2ccc(Cl)cc2)c(NCC(=O)N(C)C)c1. The molecule has 158 valence electrons. The number of hydrogen-bond donors (Lipinski definition) is 1. The summed E-state index contributed by atoms with van der Waals surface area (Å²) >= 11 is 5.91. The monoisotopic (exact) mass is 439 g/mol. The summed E-state index contributed by atoms with van der Waals surface area (Å²) in [4.78, 5) is 13.6. The predicted molar refractivity (Wildman–Crippen MR) is 115 cm³/mol. The molecule has 0 aliphatic carbocycles. The van der Waals surface area contributed by atoms with Gasteiger partial charge in [0.25, 0.3) is 0 Å². The van der Waals surface area contributed by atoms with Gasteiger partial charge in [-0.05, 0) is 42.5 Å². The van der Waals surface area contributed by atoms with Crippen LogP contribution in [-0.2, 0) is 14.8 Å². The third kappa shape index (κ3) is 5.85. The van der Waals surface area contributed by atoms with E-state index in [4.69, 9.17) is 16.3 Å². The largest absolute Gasteiger partial charge is 0.455 e. The maximum Gasteiger partial charge on any atom is 0.243 e. The molecule has 1 N–H and O–H groups in total. The minimum Gasteiger partial charge on any atom is -0.455 e.